The minimum Gasteiger partial charge on any atom is -0.103 e. The lowest BCUT2D eigenvalue weighted by Gasteiger charge is -2.15. The van der Waals surface area contributed by atoms with Crippen molar-refractivity contribution in [2.24, 2.45) is 17.8 Å². The van der Waals surface area contributed by atoms with Gasteiger partial charge >= 0.3 is 0 Å². The number of allylic oxidation sites excluding steroid dienone is 1. The topological polar surface area (TPSA) is 0 Å². The lowest BCUT2D eigenvalue weighted by atomic mass is 9.91. The van der Waals surface area contributed by atoms with Crippen molar-refractivity contribution < 1.29 is 0 Å². The highest BCUT2D eigenvalue weighted by atomic mass is 14.1. The Morgan fingerprint density at radius 1 is 0.923 bits per heavy atom. The van der Waals surface area contributed by atoms with Gasteiger partial charge in [0.25, 0.3) is 0 Å². The van der Waals surface area contributed by atoms with Gasteiger partial charge in [0.05, 0.1) is 0 Å². The maximum Gasteiger partial charge on any atom is -0.0438 e. The molecule has 0 spiro atoms. The molecule has 0 aromatic rings. The zero-order valence-corrected chi connectivity index (χ0v) is 10.4. The number of hydrogen-bond donors (Lipinski definition) is 0. The predicted molar refractivity (Wildman–Crippen MR) is 63.9 cm³/mol. The van der Waals surface area contributed by atoms with Crippen LogP contribution in [0, 0.1) is 17.8 Å². The average molecular weight is 184 g/mol. The molecular weight excluding hydrogens is 156 g/mol. The van der Waals surface area contributed by atoms with Crippen LogP contribution in [0.25, 0.3) is 0 Å². The van der Waals surface area contributed by atoms with E-state index in [1.165, 1.54) is 12.8 Å². The molecule has 0 saturated heterocycles. The maximum absolute atomic E-state index is 3.36. The van der Waals surface area contributed by atoms with E-state index in [9.17, 15) is 0 Å². The Bertz CT molecular complexity index is 90.6. The lowest BCUT2D eigenvalue weighted by molar-refractivity contribution is 0.368. The van der Waals surface area contributed by atoms with Crippen LogP contribution in [0.1, 0.15) is 54.4 Å². The molecule has 0 N–H and O–H groups in total. The van der Waals surface area contributed by atoms with Crippen molar-refractivity contribution in [2.75, 3.05) is 0 Å². The standard InChI is InChI=1S/C10H22.C3H6/c1-8(2)6-10(5)7-9(3)4;1-3-2/h8-10H,6-7H2,1-5H3;3H,1H2,2H3. The first-order valence-electron chi connectivity index (χ1n) is 5.51. The fraction of sp³-hybridized carbons (Fsp3) is 0.846. The van der Waals surface area contributed by atoms with E-state index in [1.54, 1.807) is 6.08 Å². The first-order chi connectivity index (χ1) is 5.93. The Balaban J connectivity index is 0. The van der Waals surface area contributed by atoms with E-state index in [0.717, 1.165) is 17.8 Å². The molecule has 0 fully saturated rings. The molecule has 13 heavy (non-hydrogen) atoms. The first-order valence-corrected chi connectivity index (χ1v) is 5.51. The molecule has 0 aromatic heterocycles. The fourth-order valence-corrected chi connectivity index (χ4v) is 1.71. The molecule has 0 nitrogen and oxygen atoms in total. The van der Waals surface area contributed by atoms with Crippen LogP contribution in [0.5, 0.6) is 0 Å². The molecule has 0 aliphatic carbocycles. The van der Waals surface area contributed by atoms with Gasteiger partial charge in [-0.05, 0) is 37.5 Å². The normalized spacial score (nSPS) is 10.2. The van der Waals surface area contributed by atoms with Crippen molar-refractivity contribution in [1.29, 1.82) is 0 Å². The van der Waals surface area contributed by atoms with Crippen LogP contribution in [-0.4, -0.2) is 0 Å². The summed E-state index contributed by atoms with van der Waals surface area (Å²) < 4.78 is 0. The third-order valence-corrected chi connectivity index (χ3v) is 1.75. The number of hydrogen-bond acceptors (Lipinski definition) is 0. The number of rotatable bonds is 4. The summed E-state index contributed by atoms with van der Waals surface area (Å²) >= 11 is 0. The van der Waals surface area contributed by atoms with Crippen molar-refractivity contribution in [3.63, 3.8) is 0 Å². The van der Waals surface area contributed by atoms with Crippen LogP contribution >= 0.6 is 0 Å². The largest absolute Gasteiger partial charge is 0.103 e. The smallest absolute Gasteiger partial charge is 0.0438 e. The summed E-state index contributed by atoms with van der Waals surface area (Å²) in [6, 6.07) is 0. The Labute approximate surface area is 85.4 Å². The Morgan fingerprint density at radius 3 is 1.31 bits per heavy atom. The Morgan fingerprint density at radius 2 is 1.15 bits per heavy atom. The molecule has 0 unspecified atom stereocenters. The average Bonchev–Trinajstić information content (AvgIpc) is 1.83. The van der Waals surface area contributed by atoms with Crippen LogP contribution < -0.4 is 0 Å². The second kappa shape index (κ2) is 9.83. The van der Waals surface area contributed by atoms with Crippen molar-refractivity contribution >= 4 is 0 Å². The van der Waals surface area contributed by atoms with Crippen LogP contribution in [-0.2, 0) is 0 Å². The van der Waals surface area contributed by atoms with Gasteiger partial charge in [0.2, 0.25) is 0 Å². The minimum absolute atomic E-state index is 0.869. The van der Waals surface area contributed by atoms with Gasteiger partial charge in [-0.1, -0.05) is 40.7 Å². The molecule has 0 heteroatoms. The van der Waals surface area contributed by atoms with Crippen molar-refractivity contribution in [1.82, 2.24) is 0 Å². The second-order valence-corrected chi connectivity index (χ2v) is 4.77. The van der Waals surface area contributed by atoms with Gasteiger partial charge in [-0.15, -0.1) is 6.58 Å². The zero-order chi connectivity index (χ0) is 10.9. The summed E-state index contributed by atoms with van der Waals surface area (Å²) in [6.07, 6.45) is 4.52. The van der Waals surface area contributed by atoms with Gasteiger partial charge in [-0.25, -0.2) is 0 Å². The van der Waals surface area contributed by atoms with E-state index >= 15 is 0 Å². The van der Waals surface area contributed by atoms with Crippen molar-refractivity contribution in [2.45, 2.75) is 54.4 Å². The van der Waals surface area contributed by atoms with Gasteiger partial charge in [0, 0.05) is 0 Å². The highest BCUT2D eigenvalue weighted by Crippen LogP contribution is 2.18. The molecule has 0 aromatic carbocycles. The highest BCUT2D eigenvalue weighted by Gasteiger charge is 2.06. The molecule has 0 heterocycles. The second-order valence-electron chi connectivity index (χ2n) is 4.77. The molecule has 0 atom stereocenters. The van der Waals surface area contributed by atoms with E-state index in [4.69, 9.17) is 0 Å². The van der Waals surface area contributed by atoms with E-state index in [0.29, 0.717) is 0 Å². The molecular formula is C13H28. The molecule has 0 rings (SSSR count). The van der Waals surface area contributed by atoms with Gasteiger partial charge in [0.15, 0.2) is 0 Å². The molecule has 0 bridgehead atoms. The van der Waals surface area contributed by atoms with Gasteiger partial charge in [-0.3, -0.25) is 0 Å². The molecule has 0 radical (unpaired) electrons. The summed E-state index contributed by atoms with van der Waals surface area (Å²) in [5.74, 6) is 2.66. The van der Waals surface area contributed by atoms with E-state index in [2.05, 4.69) is 41.2 Å². The highest BCUT2D eigenvalue weighted by molar-refractivity contribution is 4.58. The van der Waals surface area contributed by atoms with Crippen LogP contribution in [0.3, 0.4) is 0 Å². The summed E-state index contributed by atoms with van der Waals surface area (Å²) in [5, 5.41) is 0. The first kappa shape index (κ1) is 15.2. The van der Waals surface area contributed by atoms with Gasteiger partial charge in [-0.2, -0.15) is 0 Å². The van der Waals surface area contributed by atoms with Crippen molar-refractivity contribution in [3.8, 4) is 0 Å². The van der Waals surface area contributed by atoms with E-state index in [1.807, 2.05) is 6.92 Å². The van der Waals surface area contributed by atoms with Gasteiger partial charge < -0.3 is 0 Å². The fourth-order valence-electron chi connectivity index (χ4n) is 1.71. The Hall–Kier alpha value is -0.260. The Kier molecular flexibility index (Phi) is 11.5. The molecule has 0 saturated carbocycles. The molecule has 80 valence electrons. The molecule has 0 aliphatic heterocycles. The predicted octanol–water partition coefficient (Wildman–Crippen LogP) is 4.91. The van der Waals surface area contributed by atoms with Gasteiger partial charge in [0.1, 0.15) is 0 Å². The van der Waals surface area contributed by atoms with Crippen LogP contribution in [0.15, 0.2) is 12.7 Å². The summed E-state index contributed by atoms with van der Waals surface area (Å²) in [5.41, 5.74) is 0. The lowest BCUT2D eigenvalue weighted by Crippen LogP contribution is -2.03. The zero-order valence-electron chi connectivity index (χ0n) is 10.4. The van der Waals surface area contributed by atoms with E-state index < -0.39 is 0 Å². The summed E-state index contributed by atoms with van der Waals surface area (Å²) in [4.78, 5) is 0. The van der Waals surface area contributed by atoms with Crippen LogP contribution in [0.4, 0.5) is 0 Å². The minimum atomic E-state index is 0.869. The SMILES string of the molecule is C=CC.CC(C)CC(C)CC(C)C. The van der Waals surface area contributed by atoms with Crippen LogP contribution in [0.2, 0.25) is 0 Å². The quantitative estimate of drug-likeness (QED) is 0.545. The third kappa shape index (κ3) is 18.6. The molecule has 0 aliphatic rings. The van der Waals surface area contributed by atoms with E-state index in [-0.39, 0.29) is 0 Å². The summed E-state index contributed by atoms with van der Waals surface area (Å²) in [7, 11) is 0. The van der Waals surface area contributed by atoms with Crippen molar-refractivity contribution in [3.05, 3.63) is 12.7 Å². The monoisotopic (exact) mass is 184 g/mol. The summed E-state index contributed by atoms with van der Waals surface area (Å²) in [6.45, 7) is 16.8. The maximum atomic E-state index is 3.36. The molecule has 0 amide bonds. The third-order valence-electron chi connectivity index (χ3n) is 1.75.